The van der Waals surface area contributed by atoms with Gasteiger partial charge in [-0.25, -0.2) is 9.78 Å². The lowest BCUT2D eigenvalue weighted by molar-refractivity contribution is 0.111. The number of carbonyl (C=O) groups excluding carboxylic acids is 1. The standard InChI is InChI=1S/C13H12Cl2N2O3/c1-17(2)13(19)20-6-7-3-4-8-9(14)5-10(15)12(18)11(8)16-7/h3-5,18H,6H2,1-2H3. The van der Waals surface area contributed by atoms with Crippen molar-refractivity contribution in [3.05, 3.63) is 33.9 Å². The van der Waals surface area contributed by atoms with Gasteiger partial charge in [-0.15, -0.1) is 0 Å². The van der Waals surface area contributed by atoms with Gasteiger partial charge in [-0.1, -0.05) is 23.2 Å². The van der Waals surface area contributed by atoms with Crippen LogP contribution in [0.15, 0.2) is 18.2 Å². The predicted octanol–water partition coefficient (Wildman–Crippen LogP) is 3.45. The van der Waals surface area contributed by atoms with Gasteiger partial charge in [-0.2, -0.15) is 0 Å². The van der Waals surface area contributed by atoms with Crippen molar-refractivity contribution in [2.24, 2.45) is 0 Å². The molecule has 1 amide bonds. The molecule has 1 heterocycles. The molecule has 106 valence electrons. The number of ether oxygens (including phenoxy) is 1. The van der Waals surface area contributed by atoms with Crippen LogP contribution in [0.1, 0.15) is 5.69 Å². The number of halogens is 2. The molecule has 1 aromatic heterocycles. The molecule has 7 heteroatoms. The molecule has 0 atom stereocenters. The monoisotopic (exact) mass is 314 g/mol. The average molecular weight is 315 g/mol. The maximum absolute atomic E-state index is 11.3. The van der Waals surface area contributed by atoms with Gasteiger partial charge in [0.15, 0.2) is 5.75 Å². The Balaban J connectivity index is 2.34. The van der Waals surface area contributed by atoms with Crippen molar-refractivity contribution in [2.75, 3.05) is 14.1 Å². The largest absolute Gasteiger partial charge is 0.504 e. The van der Waals surface area contributed by atoms with Gasteiger partial charge >= 0.3 is 6.09 Å². The molecule has 1 N–H and O–H groups in total. The van der Waals surface area contributed by atoms with Gasteiger partial charge in [0, 0.05) is 19.5 Å². The van der Waals surface area contributed by atoms with Crippen LogP contribution in [-0.2, 0) is 11.3 Å². The van der Waals surface area contributed by atoms with E-state index in [1.54, 1.807) is 26.2 Å². The molecule has 0 radical (unpaired) electrons. The maximum Gasteiger partial charge on any atom is 0.409 e. The van der Waals surface area contributed by atoms with Crippen LogP contribution in [0.5, 0.6) is 5.75 Å². The third-order valence-corrected chi connectivity index (χ3v) is 3.22. The fraction of sp³-hybridized carbons (Fsp3) is 0.231. The Morgan fingerprint density at radius 3 is 2.70 bits per heavy atom. The first-order valence-corrected chi connectivity index (χ1v) is 6.46. The lowest BCUT2D eigenvalue weighted by Gasteiger charge is -2.11. The summed E-state index contributed by atoms with van der Waals surface area (Å²) >= 11 is 11.9. The lowest BCUT2D eigenvalue weighted by Crippen LogP contribution is -2.22. The number of phenols is 1. The number of rotatable bonds is 2. The number of benzene rings is 1. The fourth-order valence-electron chi connectivity index (χ4n) is 1.59. The molecule has 20 heavy (non-hydrogen) atoms. The van der Waals surface area contributed by atoms with E-state index >= 15 is 0 Å². The third kappa shape index (κ3) is 2.89. The number of phenolic OH excluding ortho intramolecular Hbond substituents is 1. The quantitative estimate of drug-likeness (QED) is 0.922. The summed E-state index contributed by atoms with van der Waals surface area (Å²) in [7, 11) is 3.17. The highest BCUT2D eigenvalue weighted by Crippen LogP contribution is 2.36. The smallest absolute Gasteiger partial charge is 0.409 e. The Kier molecular flexibility index (Phi) is 4.20. The molecule has 5 nitrogen and oxygen atoms in total. The summed E-state index contributed by atoms with van der Waals surface area (Å²) in [6.07, 6.45) is -0.472. The number of nitrogens with zero attached hydrogens (tertiary/aromatic N) is 2. The molecule has 0 saturated heterocycles. The molecule has 0 fully saturated rings. The van der Waals surface area contributed by atoms with Crippen molar-refractivity contribution in [3.63, 3.8) is 0 Å². The normalized spacial score (nSPS) is 10.6. The van der Waals surface area contributed by atoms with Crippen LogP contribution >= 0.6 is 23.2 Å². The van der Waals surface area contributed by atoms with Crippen LogP contribution < -0.4 is 0 Å². The second-order valence-electron chi connectivity index (χ2n) is 4.34. The van der Waals surface area contributed by atoms with Crippen molar-refractivity contribution < 1.29 is 14.6 Å². The van der Waals surface area contributed by atoms with Crippen molar-refractivity contribution >= 4 is 40.2 Å². The first-order valence-electron chi connectivity index (χ1n) is 5.71. The molecule has 2 aromatic rings. The third-order valence-electron chi connectivity index (χ3n) is 2.62. The molecular weight excluding hydrogens is 303 g/mol. The number of aromatic hydroxyl groups is 1. The van der Waals surface area contributed by atoms with E-state index < -0.39 is 6.09 Å². The predicted molar refractivity (Wildman–Crippen MR) is 77.3 cm³/mol. The fourth-order valence-corrected chi connectivity index (χ4v) is 2.10. The zero-order valence-electron chi connectivity index (χ0n) is 10.9. The van der Waals surface area contributed by atoms with E-state index in [0.29, 0.717) is 16.1 Å². The zero-order chi connectivity index (χ0) is 14.9. The van der Waals surface area contributed by atoms with E-state index in [9.17, 15) is 9.90 Å². The number of pyridine rings is 1. The second-order valence-corrected chi connectivity index (χ2v) is 5.15. The van der Waals surface area contributed by atoms with Crippen molar-refractivity contribution in [1.82, 2.24) is 9.88 Å². The summed E-state index contributed by atoms with van der Waals surface area (Å²) in [4.78, 5) is 16.9. The van der Waals surface area contributed by atoms with Crippen molar-refractivity contribution in [2.45, 2.75) is 6.61 Å². The van der Waals surface area contributed by atoms with E-state index in [4.69, 9.17) is 27.9 Å². The van der Waals surface area contributed by atoms with Crippen LogP contribution in [0.3, 0.4) is 0 Å². The van der Waals surface area contributed by atoms with Gasteiger partial charge in [-0.05, 0) is 18.2 Å². The maximum atomic E-state index is 11.3. The zero-order valence-corrected chi connectivity index (χ0v) is 12.4. The SMILES string of the molecule is CN(C)C(=O)OCc1ccc2c(Cl)cc(Cl)c(O)c2n1. The molecule has 0 aliphatic carbocycles. The van der Waals surface area contributed by atoms with Gasteiger partial charge in [0.05, 0.1) is 15.7 Å². The van der Waals surface area contributed by atoms with Gasteiger partial charge in [0.25, 0.3) is 0 Å². The number of amides is 1. The number of fused-ring (bicyclic) bond motifs is 1. The Labute approximate surface area is 125 Å². The minimum atomic E-state index is -0.472. The molecule has 0 aliphatic rings. The second kappa shape index (κ2) is 5.73. The highest BCUT2D eigenvalue weighted by molar-refractivity contribution is 6.39. The lowest BCUT2D eigenvalue weighted by atomic mass is 10.2. The summed E-state index contributed by atoms with van der Waals surface area (Å²) < 4.78 is 5.02. The van der Waals surface area contributed by atoms with Crippen molar-refractivity contribution in [3.8, 4) is 5.75 Å². The van der Waals surface area contributed by atoms with Gasteiger partial charge in [0.1, 0.15) is 12.1 Å². The van der Waals surface area contributed by atoms with Crippen LogP contribution in [-0.4, -0.2) is 35.2 Å². The van der Waals surface area contributed by atoms with Crippen LogP contribution in [0.4, 0.5) is 4.79 Å². The van der Waals surface area contributed by atoms with Crippen molar-refractivity contribution in [1.29, 1.82) is 0 Å². The summed E-state index contributed by atoms with van der Waals surface area (Å²) in [5.41, 5.74) is 0.766. The Morgan fingerprint density at radius 2 is 2.05 bits per heavy atom. The molecule has 0 unspecified atom stereocenters. The minimum Gasteiger partial charge on any atom is -0.504 e. The number of carbonyl (C=O) groups is 1. The minimum absolute atomic E-state index is 0.00345. The first-order chi connectivity index (χ1) is 9.40. The summed E-state index contributed by atoms with van der Waals surface area (Å²) in [6, 6.07) is 4.82. The Morgan fingerprint density at radius 1 is 1.35 bits per heavy atom. The van der Waals surface area contributed by atoms with E-state index in [0.717, 1.165) is 0 Å². The van der Waals surface area contributed by atoms with Crippen LogP contribution in [0.2, 0.25) is 10.0 Å². The average Bonchev–Trinajstić information content (AvgIpc) is 2.41. The molecular formula is C13H12Cl2N2O3. The molecule has 0 spiro atoms. The van der Waals surface area contributed by atoms with Gasteiger partial charge < -0.3 is 14.7 Å². The number of hydrogen-bond acceptors (Lipinski definition) is 4. The van der Waals surface area contributed by atoms with Gasteiger partial charge in [0.2, 0.25) is 0 Å². The summed E-state index contributed by atoms with van der Waals surface area (Å²) in [5.74, 6) is -0.146. The molecule has 0 aliphatic heterocycles. The molecule has 0 bridgehead atoms. The van der Waals surface area contributed by atoms with Crippen LogP contribution in [0, 0.1) is 0 Å². The van der Waals surface area contributed by atoms with Gasteiger partial charge in [-0.3, -0.25) is 0 Å². The van der Waals surface area contributed by atoms with E-state index in [-0.39, 0.29) is 22.9 Å². The summed E-state index contributed by atoms with van der Waals surface area (Å²) in [5, 5.41) is 11.0. The Hall–Kier alpha value is -1.72. The highest BCUT2D eigenvalue weighted by Gasteiger charge is 2.12. The van der Waals surface area contributed by atoms with E-state index in [1.165, 1.54) is 11.0 Å². The number of aromatic nitrogens is 1. The van der Waals surface area contributed by atoms with E-state index in [2.05, 4.69) is 4.98 Å². The van der Waals surface area contributed by atoms with Crippen LogP contribution in [0.25, 0.3) is 10.9 Å². The molecule has 0 saturated carbocycles. The highest BCUT2D eigenvalue weighted by atomic mass is 35.5. The number of hydrogen-bond donors (Lipinski definition) is 1. The summed E-state index contributed by atoms with van der Waals surface area (Å²) in [6.45, 7) is -0.00345. The Bertz CT molecular complexity index is 674. The molecule has 1 aromatic carbocycles. The van der Waals surface area contributed by atoms with E-state index in [1.807, 2.05) is 0 Å². The topological polar surface area (TPSA) is 62.7 Å². The first kappa shape index (κ1) is 14.7. The molecule has 2 rings (SSSR count).